The summed E-state index contributed by atoms with van der Waals surface area (Å²) in [5.41, 5.74) is 16.0. The highest BCUT2D eigenvalue weighted by Gasteiger charge is 2.21. The van der Waals surface area contributed by atoms with Crippen LogP contribution >= 0.6 is 0 Å². The van der Waals surface area contributed by atoms with Gasteiger partial charge in [0.15, 0.2) is 0 Å². The van der Waals surface area contributed by atoms with Gasteiger partial charge < -0.3 is 18.8 Å². The summed E-state index contributed by atoms with van der Waals surface area (Å²) in [6, 6.07) is 91.5. The van der Waals surface area contributed by atoms with Gasteiger partial charge in [-0.15, -0.1) is 0 Å². The zero-order chi connectivity index (χ0) is 45.8. The number of fused-ring (bicyclic) bond motifs is 7. The van der Waals surface area contributed by atoms with Crippen LogP contribution in [-0.4, -0.2) is 9.13 Å². The molecule has 4 nitrogen and oxygen atoms in total. The fraction of sp³-hybridized carbons (Fsp3) is 0.0154. The molecule has 0 saturated carbocycles. The summed E-state index contributed by atoms with van der Waals surface area (Å²) in [7, 11) is 0. The molecule has 0 aliphatic heterocycles. The molecule has 0 spiro atoms. The molecule has 326 valence electrons. The summed E-state index contributed by atoms with van der Waals surface area (Å²) in [4.78, 5) is 2.38. The van der Waals surface area contributed by atoms with Crippen LogP contribution < -0.4 is 9.64 Å². The Hall–Kier alpha value is -9.12. The van der Waals surface area contributed by atoms with Crippen LogP contribution in [0, 0.1) is 6.92 Å². The van der Waals surface area contributed by atoms with E-state index < -0.39 is 0 Å². The maximum Gasteiger partial charge on any atom is 0.129 e. The molecule has 0 unspecified atom stereocenters. The highest BCUT2D eigenvalue weighted by Crippen LogP contribution is 2.45. The third-order valence-electron chi connectivity index (χ3n) is 13.7. The summed E-state index contributed by atoms with van der Waals surface area (Å²) in [6.45, 7) is 2.20. The van der Waals surface area contributed by atoms with Gasteiger partial charge in [-0.2, -0.15) is 0 Å². The second kappa shape index (κ2) is 16.6. The Kier molecular flexibility index (Phi) is 9.69. The first-order valence-corrected chi connectivity index (χ1v) is 23.6. The number of aryl methyl sites for hydroxylation is 1. The molecule has 69 heavy (non-hydrogen) atoms. The molecule has 0 bridgehead atoms. The number of para-hydroxylation sites is 5. The van der Waals surface area contributed by atoms with Crippen molar-refractivity contribution in [2.75, 3.05) is 4.90 Å². The van der Waals surface area contributed by atoms with E-state index in [0.717, 1.165) is 67.5 Å². The van der Waals surface area contributed by atoms with Crippen LogP contribution in [0.2, 0.25) is 0 Å². The quantitative estimate of drug-likeness (QED) is 0.144. The van der Waals surface area contributed by atoms with Crippen molar-refractivity contribution in [2.24, 2.45) is 0 Å². The molecular weight excluding hydrogens is 839 g/mol. The number of anilines is 3. The zero-order valence-electron chi connectivity index (χ0n) is 38.0. The zero-order valence-corrected chi connectivity index (χ0v) is 38.0. The third kappa shape index (κ3) is 7.01. The van der Waals surface area contributed by atoms with Crippen LogP contribution in [0.15, 0.2) is 255 Å². The standard InChI is InChI=1S/C65H45N3O/c1-44-17-16-18-48-41-64(66(49-19-6-2-7-20-49)50-21-8-3-9-22-50)58(43-57(44)48)45-29-33-52(34-30-45)68-63-38-32-47(40-60(63)56-36-35-54(42-65(56)68)69-53-25-12-5-13-26-53)46-31-37-62-59(39-46)55-27-14-15-28-61(55)67(62)51-23-10-4-11-24-51/h2-43H,1H3. The number of rotatable bonds is 9. The minimum Gasteiger partial charge on any atom is -0.457 e. The van der Waals surface area contributed by atoms with E-state index in [2.05, 4.69) is 245 Å². The number of benzene rings is 11. The number of nitrogens with zero attached hydrogens (tertiary/aromatic N) is 3. The molecule has 2 heterocycles. The third-order valence-corrected chi connectivity index (χ3v) is 13.7. The van der Waals surface area contributed by atoms with E-state index in [1.165, 1.54) is 54.7 Å². The van der Waals surface area contributed by atoms with Crippen LogP contribution in [0.25, 0.3) is 88.0 Å². The van der Waals surface area contributed by atoms with Gasteiger partial charge in [-0.25, -0.2) is 0 Å². The molecule has 4 heteroatoms. The Morgan fingerprint density at radius 2 is 0.870 bits per heavy atom. The largest absolute Gasteiger partial charge is 0.457 e. The molecule has 0 N–H and O–H groups in total. The monoisotopic (exact) mass is 883 g/mol. The summed E-state index contributed by atoms with van der Waals surface area (Å²) in [5, 5.41) is 7.26. The predicted octanol–water partition coefficient (Wildman–Crippen LogP) is 17.9. The molecule has 13 rings (SSSR count). The van der Waals surface area contributed by atoms with Crippen molar-refractivity contribution in [1.82, 2.24) is 9.13 Å². The number of hydrogen-bond donors (Lipinski definition) is 0. The molecule has 2 aromatic heterocycles. The molecule has 0 aliphatic carbocycles. The van der Waals surface area contributed by atoms with E-state index >= 15 is 0 Å². The summed E-state index contributed by atoms with van der Waals surface area (Å²) in [6.07, 6.45) is 0. The Labute approximate surface area is 400 Å². The summed E-state index contributed by atoms with van der Waals surface area (Å²) >= 11 is 0. The fourth-order valence-corrected chi connectivity index (χ4v) is 10.4. The molecule has 0 aliphatic rings. The molecule has 0 fully saturated rings. The highest BCUT2D eigenvalue weighted by atomic mass is 16.5. The topological polar surface area (TPSA) is 22.3 Å². The minimum atomic E-state index is 0.785. The Morgan fingerprint density at radius 1 is 0.333 bits per heavy atom. The van der Waals surface area contributed by atoms with E-state index in [1.807, 2.05) is 30.3 Å². The van der Waals surface area contributed by atoms with Crippen molar-refractivity contribution in [3.8, 4) is 45.1 Å². The number of ether oxygens (including phenoxy) is 1. The lowest BCUT2D eigenvalue weighted by atomic mass is 9.95. The van der Waals surface area contributed by atoms with Gasteiger partial charge in [0.1, 0.15) is 11.5 Å². The SMILES string of the molecule is Cc1cccc2cc(N(c3ccccc3)c3ccccc3)c(-c3ccc(-n4c5ccc(-c6ccc7c(c6)c6ccccc6n7-c6ccccc6)cc5c5ccc(Oc6ccccc6)cc54)cc3)cc12. The molecule has 0 amide bonds. The van der Waals surface area contributed by atoms with Gasteiger partial charge in [-0.05, 0) is 155 Å². The lowest BCUT2D eigenvalue weighted by Crippen LogP contribution is -2.11. The van der Waals surface area contributed by atoms with Crippen molar-refractivity contribution in [3.63, 3.8) is 0 Å². The van der Waals surface area contributed by atoms with Gasteiger partial charge >= 0.3 is 0 Å². The second-order valence-corrected chi connectivity index (χ2v) is 17.8. The van der Waals surface area contributed by atoms with E-state index in [9.17, 15) is 0 Å². The molecule has 0 radical (unpaired) electrons. The Balaban J connectivity index is 0.968. The van der Waals surface area contributed by atoms with Gasteiger partial charge in [-0.1, -0.05) is 133 Å². The van der Waals surface area contributed by atoms with Gasteiger partial charge in [0.2, 0.25) is 0 Å². The van der Waals surface area contributed by atoms with Crippen LogP contribution in [0.1, 0.15) is 5.56 Å². The molecule has 0 saturated heterocycles. The van der Waals surface area contributed by atoms with Gasteiger partial charge in [-0.3, -0.25) is 0 Å². The van der Waals surface area contributed by atoms with E-state index in [-0.39, 0.29) is 0 Å². The van der Waals surface area contributed by atoms with Gasteiger partial charge in [0.05, 0.1) is 27.8 Å². The molecule has 0 atom stereocenters. The average Bonchev–Trinajstić information content (AvgIpc) is 3.91. The first-order valence-electron chi connectivity index (χ1n) is 23.6. The lowest BCUT2D eigenvalue weighted by Gasteiger charge is -2.28. The van der Waals surface area contributed by atoms with Gasteiger partial charge in [0.25, 0.3) is 0 Å². The second-order valence-electron chi connectivity index (χ2n) is 17.8. The average molecular weight is 884 g/mol. The fourth-order valence-electron chi connectivity index (χ4n) is 10.4. The van der Waals surface area contributed by atoms with Crippen LogP contribution in [0.3, 0.4) is 0 Å². The van der Waals surface area contributed by atoms with Crippen LogP contribution in [0.4, 0.5) is 17.1 Å². The van der Waals surface area contributed by atoms with Crippen molar-refractivity contribution < 1.29 is 4.74 Å². The molecule has 13 aromatic rings. The van der Waals surface area contributed by atoms with Crippen molar-refractivity contribution >= 4 is 71.4 Å². The summed E-state index contributed by atoms with van der Waals surface area (Å²) in [5.74, 6) is 1.59. The first kappa shape index (κ1) is 40.2. The van der Waals surface area contributed by atoms with Crippen molar-refractivity contribution in [2.45, 2.75) is 6.92 Å². The maximum atomic E-state index is 6.49. The summed E-state index contributed by atoms with van der Waals surface area (Å²) < 4.78 is 11.2. The van der Waals surface area contributed by atoms with E-state index in [0.29, 0.717) is 0 Å². The minimum absolute atomic E-state index is 0.785. The first-order chi connectivity index (χ1) is 34.1. The molecular formula is C65H45N3O. The normalized spacial score (nSPS) is 11.6. The van der Waals surface area contributed by atoms with E-state index in [1.54, 1.807) is 0 Å². The number of hydrogen-bond acceptors (Lipinski definition) is 2. The Bertz CT molecular complexity index is 3990. The lowest BCUT2D eigenvalue weighted by molar-refractivity contribution is 0.483. The Morgan fingerprint density at radius 3 is 1.54 bits per heavy atom. The predicted molar refractivity (Wildman–Crippen MR) is 289 cm³/mol. The van der Waals surface area contributed by atoms with Crippen molar-refractivity contribution in [3.05, 3.63) is 260 Å². The highest BCUT2D eigenvalue weighted by molar-refractivity contribution is 6.13. The van der Waals surface area contributed by atoms with Gasteiger partial charge in [0, 0.05) is 55.9 Å². The van der Waals surface area contributed by atoms with Crippen LogP contribution in [0.5, 0.6) is 11.5 Å². The van der Waals surface area contributed by atoms with Crippen molar-refractivity contribution in [1.29, 1.82) is 0 Å². The molecule has 11 aromatic carbocycles. The maximum absolute atomic E-state index is 6.49. The smallest absolute Gasteiger partial charge is 0.129 e. The van der Waals surface area contributed by atoms with E-state index in [4.69, 9.17) is 4.74 Å². The number of aromatic nitrogens is 2. The van der Waals surface area contributed by atoms with Crippen LogP contribution in [-0.2, 0) is 0 Å².